The first-order valence-electron chi connectivity index (χ1n) is 18.5. The molecule has 0 aliphatic heterocycles. The van der Waals surface area contributed by atoms with E-state index in [-0.39, 0.29) is 6.42 Å². The van der Waals surface area contributed by atoms with Crippen LogP contribution in [0.5, 0.6) is 0 Å². The first-order valence-corrected chi connectivity index (χ1v) is 20.1. The molecule has 0 aliphatic rings. The van der Waals surface area contributed by atoms with Crippen molar-refractivity contribution in [3.05, 3.63) is 12.2 Å². The highest BCUT2D eigenvalue weighted by molar-refractivity contribution is 7.85. The Kier molecular flexibility index (Phi) is 30.0. The van der Waals surface area contributed by atoms with Crippen molar-refractivity contribution in [1.82, 2.24) is 5.32 Å². The third-order valence-corrected chi connectivity index (χ3v) is 9.35. The second-order valence-electron chi connectivity index (χ2n) is 13.0. The third-order valence-electron chi connectivity index (χ3n) is 8.57. The molecular weight excluding hydrogens is 574 g/mol. The van der Waals surface area contributed by atoms with Crippen LogP contribution in [0.3, 0.4) is 0 Å². The summed E-state index contributed by atoms with van der Waals surface area (Å²) in [7, 11) is -4.43. The van der Waals surface area contributed by atoms with Gasteiger partial charge < -0.3 is 15.5 Å². The molecule has 0 rings (SSSR count). The Morgan fingerprint density at radius 2 is 0.977 bits per heavy atom. The zero-order chi connectivity index (χ0) is 32.7. The Morgan fingerprint density at radius 1 is 0.614 bits per heavy atom. The van der Waals surface area contributed by atoms with Crippen LogP contribution in [0.2, 0.25) is 0 Å². The predicted molar refractivity (Wildman–Crippen MR) is 186 cm³/mol. The molecule has 8 heteroatoms. The zero-order valence-electron chi connectivity index (χ0n) is 28.7. The van der Waals surface area contributed by atoms with Crippen molar-refractivity contribution in [2.75, 3.05) is 5.75 Å². The lowest BCUT2D eigenvalue weighted by Crippen LogP contribution is -2.50. The summed E-state index contributed by atoms with van der Waals surface area (Å²) in [6.07, 6.45) is 32.6. The summed E-state index contributed by atoms with van der Waals surface area (Å²) >= 11 is 0. The van der Waals surface area contributed by atoms with Crippen LogP contribution in [0, 0.1) is 0 Å². The number of aliphatic hydroxyl groups excluding tert-OH is 2. The summed E-state index contributed by atoms with van der Waals surface area (Å²) in [4.78, 5) is 12.5. The van der Waals surface area contributed by atoms with E-state index in [2.05, 4.69) is 19.2 Å². The van der Waals surface area contributed by atoms with Crippen LogP contribution in [0.25, 0.3) is 0 Å². The maximum absolute atomic E-state index is 12.5. The number of amides is 1. The van der Waals surface area contributed by atoms with Crippen LogP contribution in [0.1, 0.15) is 187 Å². The molecule has 44 heavy (non-hydrogen) atoms. The molecule has 0 heterocycles. The van der Waals surface area contributed by atoms with E-state index < -0.39 is 40.0 Å². The lowest BCUT2D eigenvalue weighted by atomic mass is 10.0. The highest BCUT2D eigenvalue weighted by atomic mass is 32.2. The minimum absolute atomic E-state index is 0.285. The van der Waals surface area contributed by atoms with Crippen molar-refractivity contribution in [2.45, 2.75) is 205 Å². The van der Waals surface area contributed by atoms with Gasteiger partial charge in [-0.25, -0.2) is 0 Å². The van der Waals surface area contributed by atoms with Crippen molar-refractivity contribution in [3.63, 3.8) is 0 Å². The van der Waals surface area contributed by atoms with E-state index in [0.29, 0.717) is 6.42 Å². The van der Waals surface area contributed by atoms with Crippen LogP contribution >= 0.6 is 0 Å². The van der Waals surface area contributed by atoms with Gasteiger partial charge in [0.15, 0.2) is 0 Å². The number of nitrogens with one attached hydrogen (secondary N) is 1. The molecule has 3 unspecified atom stereocenters. The van der Waals surface area contributed by atoms with E-state index in [1.54, 1.807) is 6.08 Å². The number of aliphatic hydroxyl groups is 2. The Balaban J connectivity index is 4.11. The van der Waals surface area contributed by atoms with Gasteiger partial charge in [-0.3, -0.25) is 9.35 Å². The normalized spacial score (nSPS) is 14.2. The van der Waals surface area contributed by atoms with Crippen LogP contribution in [0.4, 0.5) is 0 Å². The van der Waals surface area contributed by atoms with Gasteiger partial charge >= 0.3 is 0 Å². The van der Waals surface area contributed by atoms with Crippen molar-refractivity contribution in [3.8, 4) is 0 Å². The maximum Gasteiger partial charge on any atom is 0.267 e. The molecule has 0 aromatic carbocycles. The van der Waals surface area contributed by atoms with Gasteiger partial charge in [0.05, 0.1) is 17.9 Å². The highest BCUT2D eigenvalue weighted by Gasteiger charge is 2.27. The number of carbonyl (C=O) groups is 1. The first-order chi connectivity index (χ1) is 21.2. The fourth-order valence-electron chi connectivity index (χ4n) is 5.69. The molecule has 4 N–H and O–H groups in total. The minimum Gasteiger partial charge on any atom is -0.387 e. The molecule has 0 spiro atoms. The van der Waals surface area contributed by atoms with Gasteiger partial charge in [0, 0.05) is 0 Å². The number of allylic oxidation sites excluding steroid dienone is 1. The standard InChI is InChI=1S/C36H71NO6S/c1-3-5-7-9-11-13-15-17-18-19-21-22-24-26-28-30-34(38)33(32-44(41,42)43)37-36(40)35(39)31-29-27-25-23-20-16-14-12-10-8-6-4-2/h28,30,33-35,38-39H,3-27,29,31-32H2,1-2H3,(H,37,40)(H,41,42,43)/b30-28+. The summed E-state index contributed by atoms with van der Waals surface area (Å²) in [6.45, 7) is 4.48. The van der Waals surface area contributed by atoms with Crippen LogP contribution in [0.15, 0.2) is 12.2 Å². The van der Waals surface area contributed by atoms with E-state index in [4.69, 9.17) is 0 Å². The number of hydrogen-bond acceptors (Lipinski definition) is 5. The summed E-state index contributed by atoms with van der Waals surface area (Å²) in [5.74, 6) is -1.53. The van der Waals surface area contributed by atoms with Crippen LogP contribution < -0.4 is 5.32 Å². The van der Waals surface area contributed by atoms with Crippen molar-refractivity contribution >= 4 is 16.0 Å². The van der Waals surface area contributed by atoms with Crippen molar-refractivity contribution in [1.29, 1.82) is 0 Å². The lowest BCUT2D eigenvalue weighted by Gasteiger charge is -2.22. The molecule has 1 amide bonds. The Bertz CT molecular complexity index is 773. The third kappa shape index (κ3) is 29.7. The molecule has 7 nitrogen and oxygen atoms in total. The molecule has 3 atom stereocenters. The average molecular weight is 646 g/mol. The molecule has 0 aliphatic carbocycles. The van der Waals surface area contributed by atoms with E-state index in [1.165, 1.54) is 128 Å². The first kappa shape index (κ1) is 43.0. The fraction of sp³-hybridized carbons (Fsp3) is 0.917. The zero-order valence-corrected chi connectivity index (χ0v) is 29.5. The number of hydrogen-bond donors (Lipinski definition) is 4. The van der Waals surface area contributed by atoms with Gasteiger partial charge in [0.2, 0.25) is 5.91 Å². The molecule has 0 fully saturated rings. The van der Waals surface area contributed by atoms with Crippen molar-refractivity contribution < 1.29 is 28.0 Å². The number of carbonyl (C=O) groups excluding carboxylic acids is 1. The summed E-state index contributed by atoms with van der Waals surface area (Å²) in [6, 6.07) is -1.22. The maximum atomic E-state index is 12.5. The van der Waals surface area contributed by atoms with Gasteiger partial charge in [-0.05, 0) is 19.3 Å². The quantitative estimate of drug-likeness (QED) is 0.0320. The van der Waals surface area contributed by atoms with E-state index in [0.717, 1.165) is 38.5 Å². The second-order valence-corrected chi connectivity index (χ2v) is 14.5. The van der Waals surface area contributed by atoms with Gasteiger partial charge in [-0.1, -0.05) is 180 Å². The molecule has 0 saturated carbocycles. The Hall–Kier alpha value is -0.960. The average Bonchev–Trinajstić information content (AvgIpc) is 2.98. The van der Waals surface area contributed by atoms with Gasteiger partial charge in [0.25, 0.3) is 10.1 Å². The second kappa shape index (κ2) is 30.7. The van der Waals surface area contributed by atoms with E-state index >= 15 is 0 Å². The monoisotopic (exact) mass is 646 g/mol. The van der Waals surface area contributed by atoms with Crippen LogP contribution in [-0.2, 0) is 14.9 Å². The molecule has 0 aromatic heterocycles. The SMILES string of the molecule is CCCCCCCCCCCCCCC/C=C/C(O)C(CS(=O)(=O)O)NC(=O)C(O)CCCCCCCCCCCCCC. The molecule has 0 aromatic rings. The number of unbranched alkanes of at least 4 members (excludes halogenated alkanes) is 24. The summed E-state index contributed by atoms with van der Waals surface area (Å²) < 4.78 is 32.4. The van der Waals surface area contributed by atoms with E-state index in [1.807, 2.05) is 0 Å². The van der Waals surface area contributed by atoms with E-state index in [9.17, 15) is 28.0 Å². The molecule has 0 radical (unpaired) electrons. The fourth-order valence-corrected chi connectivity index (χ4v) is 6.43. The van der Waals surface area contributed by atoms with Gasteiger partial charge in [-0.15, -0.1) is 0 Å². The summed E-state index contributed by atoms with van der Waals surface area (Å²) in [5.41, 5.74) is 0. The highest BCUT2D eigenvalue weighted by Crippen LogP contribution is 2.15. The van der Waals surface area contributed by atoms with Crippen LogP contribution in [-0.4, -0.2) is 53.1 Å². The van der Waals surface area contributed by atoms with Gasteiger partial charge in [0.1, 0.15) is 6.10 Å². The molecule has 0 bridgehead atoms. The predicted octanol–water partition coefficient (Wildman–Crippen LogP) is 9.21. The Labute approximate surface area is 272 Å². The minimum atomic E-state index is -4.43. The smallest absolute Gasteiger partial charge is 0.267 e. The molecule has 262 valence electrons. The Morgan fingerprint density at radius 3 is 1.36 bits per heavy atom. The van der Waals surface area contributed by atoms with Gasteiger partial charge in [-0.2, -0.15) is 8.42 Å². The summed E-state index contributed by atoms with van der Waals surface area (Å²) in [5, 5.41) is 23.3. The lowest BCUT2D eigenvalue weighted by molar-refractivity contribution is -0.130. The largest absolute Gasteiger partial charge is 0.387 e. The topological polar surface area (TPSA) is 124 Å². The number of rotatable bonds is 33. The molecular formula is C36H71NO6S. The molecule has 0 saturated heterocycles. The van der Waals surface area contributed by atoms with Crippen molar-refractivity contribution in [2.24, 2.45) is 0 Å².